The van der Waals surface area contributed by atoms with Crippen LogP contribution in [0.2, 0.25) is 0 Å². The smallest absolute Gasteiger partial charge is 0.0264 e. The fraction of sp³-hybridized carbons (Fsp3) is 0.400. The summed E-state index contributed by atoms with van der Waals surface area (Å²) in [4.78, 5) is 0. The van der Waals surface area contributed by atoms with E-state index in [0.29, 0.717) is 29.6 Å². The van der Waals surface area contributed by atoms with E-state index in [-0.39, 0.29) is 0 Å². The summed E-state index contributed by atoms with van der Waals surface area (Å²) < 4.78 is 0. The quantitative estimate of drug-likeness (QED) is 0.328. The second-order valence-corrected chi connectivity index (χ2v) is 13.2. The molecule has 0 nitrogen and oxygen atoms in total. The topological polar surface area (TPSA) is 0 Å². The van der Waals surface area contributed by atoms with Crippen LogP contribution in [0, 0.1) is 24.7 Å². The lowest BCUT2D eigenvalue weighted by Gasteiger charge is -2.41. The van der Waals surface area contributed by atoms with Crippen molar-refractivity contribution in [1.82, 2.24) is 0 Å². The first-order valence-corrected chi connectivity index (χ1v) is 15.6. The standard InChI is InChI=1S/C40H46/c1-8-10-25(3)37-26(4)20-36-23-35(22-34-19-27(5)38(28(34)6)31-15-13-24(2)14-16-31)29(7)39(36)40(37)33-18-17-30-11-9-12-32(30)21-33/h13-22,26,37-40H,3,7-12,23H2,1-2,4-6H3/b35-22-. The zero-order valence-electron chi connectivity index (χ0n) is 25.3. The van der Waals surface area contributed by atoms with E-state index in [4.69, 9.17) is 6.58 Å². The van der Waals surface area contributed by atoms with Gasteiger partial charge in [-0.1, -0.05) is 122 Å². The van der Waals surface area contributed by atoms with Crippen molar-refractivity contribution in [2.45, 2.75) is 85.0 Å². The molecule has 2 aromatic carbocycles. The lowest BCUT2D eigenvalue weighted by Crippen LogP contribution is -2.31. The van der Waals surface area contributed by atoms with Crippen molar-refractivity contribution in [3.8, 4) is 0 Å². The van der Waals surface area contributed by atoms with Crippen molar-refractivity contribution in [2.75, 3.05) is 0 Å². The third-order valence-corrected chi connectivity index (χ3v) is 10.4. The average molecular weight is 527 g/mol. The summed E-state index contributed by atoms with van der Waals surface area (Å²) in [5, 5.41) is 0. The highest BCUT2D eigenvalue weighted by Gasteiger charge is 2.45. The van der Waals surface area contributed by atoms with Crippen LogP contribution in [0.4, 0.5) is 0 Å². The van der Waals surface area contributed by atoms with Gasteiger partial charge in [-0.3, -0.25) is 0 Å². The number of aryl methyl sites for hydroxylation is 3. The summed E-state index contributed by atoms with van der Waals surface area (Å²) in [6.45, 7) is 21.0. The van der Waals surface area contributed by atoms with Gasteiger partial charge >= 0.3 is 0 Å². The summed E-state index contributed by atoms with van der Waals surface area (Å²) in [6, 6.07) is 16.5. The Kier molecular flexibility index (Phi) is 7.24. The lowest BCUT2D eigenvalue weighted by atomic mass is 9.62. The van der Waals surface area contributed by atoms with E-state index in [2.05, 4.69) is 102 Å². The molecule has 40 heavy (non-hydrogen) atoms. The van der Waals surface area contributed by atoms with Crippen LogP contribution in [-0.4, -0.2) is 0 Å². The van der Waals surface area contributed by atoms with Gasteiger partial charge < -0.3 is 0 Å². The van der Waals surface area contributed by atoms with Crippen molar-refractivity contribution < 1.29 is 0 Å². The number of benzene rings is 2. The third-order valence-electron chi connectivity index (χ3n) is 10.4. The van der Waals surface area contributed by atoms with Crippen molar-refractivity contribution >= 4 is 0 Å². The number of hydrogen-bond donors (Lipinski definition) is 0. The van der Waals surface area contributed by atoms with Crippen molar-refractivity contribution in [3.05, 3.63) is 141 Å². The second-order valence-electron chi connectivity index (χ2n) is 13.2. The number of hydrogen-bond acceptors (Lipinski definition) is 0. The van der Waals surface area contributed by atoms with Crippen molar-refractivity contribution in [2.24, 2.45) is 17.8 Å². The molecule has 0 amide bonds. The van der Waals surface area contributed by atoms with Crippen LogP contribution in [-0.2, 0) is 12.8 Å². The highest BCUT2D eigenvalue weighted by molar-refractivity contribution is 5.60. The van der Waals surface area contributed by atoms with Crippen LogP contribution < -0.4 is 0 Å². The number of fused-ring (bicyclic) bond motifs is 2. The van der Waals surface area contributed by atoms with E-state index in [1.54, 1.807) is 16.7 Å². The van der Waals surface area contributed by atoms with Gasteiger partial charge in [-0.25, -0.2) is 0 Å². The molecule has 2 aromatic rings. The molecule has 0 spiro atoms. The van der Waals surface area contributed by atoms with Gasteiger partial charge in [-0.2, -0.15) is 0 Å². The Labute approximate surface area is 243 Å². The molecule has 0 heterocycles. The Morgan fingerprint density at radius 2 is 1.70 bits per heavy atom. The molecule has 206 valence electrons. The van der Waals surface area contributed by atoms with Gasteiger partial charge in [0.25, 0.3) is 0 Å². The Morgan fingerprint density at radius 3 is 2.45 bits per heavy atom. The minimum Gasteiger partial charge on any atom is -0.0995 e. The molecule has 5 unspecified atom stereocenters. The van der Waals surface area contributed by atoms with Gasteiger partial charge in [0.2, 0.25) is 0 Å². The van der Waals surface area contributed by atoms with Crippen molar-refractivity contribution in [1.29, 1.82) is 0 Å². The highest BCUT2D eigenvalue weighted by atomic mass is 14.5. The minimum atomic E-state index is 0.376. The number of allylic oxidation sites excluding steroid dienone is 10. The van der Waals surface area contributed by atoms with Crippen LogP contribution in [0.1, 0.15) is 93.0 Å². The van der Waals surface area contributed by atoms with Gasteiger partial charge in [0.1, 0.15) is 0 Å². The Morgan fingerprint density at radius 1 is 0.975 bits per heavy atom. The fourth-order valence-corrected chi connectivity index (χ4v) is 8.47. The summed E-state index contributed by atoms with van der Waals surface area (Å²) >= 11 is 0. The molecule has 0 aromatic heterocycles. The van der Waals surface area contributed by atoms with E-state index in [9.17, 15) is 0 Å². The van der Waals surface area contributed by atoms with Crippen LogP contribution in [0.25, 0.3) is 0 Å². The largest absolute Gasteiger partial charge is 0.0995 e. The molecule has 0 aliphatic heterocycles. The fourth-order valence-electron chi connectivity index (χ4n) is 8.47. The maximum absolute atomic E-state index is 4.82. The molecule has 1 saturated carbocycles. The van der Waals surface area contributed by atoms with E-state index in [1.807, 2.05) is 0 Å². The van der Waals surface area contributed by atoms with Crippen LogP contribution in [0.5, 0.6) is 0 Å². The monoisotopic (exact) mass is 526 g/mol. The molecule has 0 radical (unpaired) electrons. The average Bonchev–Trinajstić information content (AvgIpc) is 3.59. The van der Waals surface area contributed by atoms with Crippen LogP contribution >= 0.6 is 0 Å². The zero-order valence-corrected chi connectivity index (χ0v) is 25.3. The molecule has 4 aliphatic carbocycles. The predicted molar refractivity (Wildman–Crippen MR) is 172 cm³/mol. The summed E-state index contributed by atoms with van der Waals surface area (Å²) in [7, 11) is 0. The first-order chi connectivity index (χ1) is 19.3. The van der Waals surface area contributed by atoms with E-state index >= 15 is 0 Å². The zero-order chi connectivity index (χ0) is 28.1. The summed E-state index contributed by atoms with van der Waals surface area (Å²) in [5.74, 6) is 2.14. The molecule has 4 aliphatic rings. The SMILES string of the molecule is C=C1/C(=C\C2=C(C)C(c3ccc(C)cc3)C(C)=C2)CC2=CC(C)C(C(=C)CCC)C(c3ccc4c(c3)CCC4)C12. The van der Waals surface area contributed by atoms with Gasteiger partial charge in [-0.05, 0) is 104 Å². The molecule has 0 bridgehead atoms. The third kappa shape index (κ3) is 4.64. The molecule has 0 heteroatoms. The second kappa shape index (κ2) is 10.7. The van der Waals surface area contributed by atoms with E-state index in [1.165, 1.54) is 69.4 Å². The van der Waals surface area contributed by atoms with Gasteiger partial charge in [0.05, 0.1) is 0 Å². The maximum atomic E-state index is 4.82. The molecule has 0 N–H and O–H groups in total. The van der Waals surface area contributed by atoms with Crippen LogP contribution in [0.3, 0.4) is 0 Å². The van der Waals surface area contributed by atoms with Gasteiger partial charge in [0, 0.05) is 17.8 Å². The Bertz CT molecular complexity index is 1480. The normalized spacial score (nSPS) is 28.6. The maximum Gasteiger partial charge on any atom is 0.0264 e. The van der Waals surface area contributed by atoms with Gasteiger partial charge in [-0.15, -0.1) is 0 Å². The lowest BCUT2D eigenvalue weighted by molar-refractivity contribution is 0.322. The molecular weight excluding hydrogens is 480 g/mol. The van der Waals surface area contributed by atoms with E-state index < -0.39 is 0 Å². The predicted octanol–water partition coefficient (Wildman–Crippen LogP) is 10.7. The number of rotatable bonds is 6. The highest BCUT2D eigenvalue weighted by Crippen LogP contribution is 2.57. The molecule has 6 rings (SSSR count). The first-order valence-electron chi connectivity index (χ1n) is 15.6. The first kappa shape index (κ1) is 27.1. The van der Waals surface area contributed by atoms with Crippen molar-refractivity contribution in [3.63, 3.8) is 0 Å². The Hall–Kier alpha value is -3.12. The minimum absolute atomic E-state index is 0.376. The summed E-state index contributed by atoms with van der Waals surface area (Å²) in [5.41, 5.74) is 17.4. The molecule has 5 atom stereocenters. The molecule has 1 fully saturated rings. The Balaban J connectivity index is 1.38. The molecular formula is C40H46. The van der Waals surface area contributed by atoms with Crippen LogP contribution in [0.15, 0.2) is 113 Å². The van der Waals surface area contributed by atoms with E-state index in [0.717, 1.165) is 19.3 Å². The van der Waals surface area contributed by atoms with Gasteiger partial charge in [0.15, 0.2) is 0 Å². The molecule has 0 saturated heterocycles. The summed E-state index contributed by atoms with van der Waals surface area (Å²) in [6.07, 6.45) is 14.6.